The molecule has 4 heteroatoms. The first-order chi connectivity index (χ1) is 27.8. The maximum Gasteiger partial charge on any atom is 0.137 e. The number of furan rings is 3. The van der Waals surface area contributed by atoms with Crippen LogP contribution in [0.1, 0.15) is 0 Å². The Labute approximate surface area is 321 Å². The molecule has 0 saturated carbocycles. The first-order valence-corrected chi connectivity index (χ1v) is 18.9. The predicted octanol–water partition coefficient (Wildman–Crippen LogP) is 15.3. The van der Waals surface area contributed by atoms with Crippen LogP contribution in [-0.2, 0) is 0 Å². The highest BCUT2D eigenvalue weighted by molar-refractivity contribution is 6.18. The Morgan fingerprint density at radius 2 is 0.804 bits per heavy atom. The molecule has 0 saturated heterocycles. The maximum atomic E-state index is 6.56. The summed E-state index contributed by atoms with van der Waals surface area (Å²) in [5.41, 5.74) is 12.8. The van der Waals surface area contributed by atoms with Crippen LogP contribution in [0.5, 0.6) is 0 Å². The molecule has 0 aliphatic carbocycles. The summed E-state index contributed by atoms with van der Waals surface area (Å²) in [7, 11) is 0. The zero-order valence-electron chi connectivity index (χ0n) is 30.1. The molecule has 12 rings (SSSR count). The molecule has 0 unspecified atom stereocenters. The minimum absolute atomic E-state index is 0.844. The number of nitrogens with zero attached hydrogens (tertiary/aromatic N) is 1. The van der Waals surface area contributed by atoms with E-state index in [1.165, 1.54) is 5.39 Å². The third kappa shape index (κ3) is 4.60. The number of hydrogen-bond donors (Lipinski definition) is 0. The highest BCUT2D eigenvalue weighted by Gasteiger charge is 2.24. The molecule has 3 heterocycles. The van der Waals surface area contributed by atoms with E-state index < -0.39 is 0 Å². The molecule has 0 N–H and O–H groups in total. The molecule has 3 aromatic heterocycles. The molecule has 0 aliphatic rings. The Morgan fingerprint density at radius 3 is 1.55 bits per heavy atom. The molecule has 12 aromatic rings. The molecule has 262 valence electrons. The van der Waals surface area contributed by atoms with Crippen LogP contribution in [0.3, 0.4) is 0 Å². The van der Waals surface area contributed by atoms with E-state index in [2.05, 4.69) is 163 Å². The first kappa shape index (κ1) is 30.9. The van der Waals surface area contributed by atoms with Gasteiger partial charge in [0.05, 0.1) is 16.8 Å². The Bertz CT molecular complexity index is 3490. The standard InChI is InChI=1S/C52H31NO3/c1-2-13-34-31-49-41(30-33(34)12-1)51-38(18-10-24-47(51)56-49)37-14-3-6-19-42(37)53(43-20-11-25-48-52(43)40-16-5-8-22-45(40)55-48)35-28-26-32(27-29-35)36-17-9-23-46-50(36)39-15-4-7-21-44(39)54-46/h1-31H. The lowest BCUT2D eigenvalue weighted by Gasteiger charge is -2.29. The van der Waals surface area contributed by atoms with Crippen LogP contribution in [0.4, 0.5) is 17.1 Å². The number of para-hydroxylation sites is 3. The van der Waals surface area contributed by atoms with E-state index in [4.69, 9.17) is 13.3 Å². The number of hydrogen-bond acceptors (Lipinski definition) is 4. The van der Waals surface area contributed by atoms with Gasteiger partial charge < -0.3 is 18.2 Å². The fourth-order valence-electron chi connectivity index (χ4n) is 8.79. The molecular weight excluding hydrogens is 687 g/mol. The molecule has 0 fully saturated rings. The van der Waals surface area contributed by atoms with Gasteiger partial charge in [0, 0.05) is 38.2 Å². The third-order valence-corrected chi connectivity index (χ3v) is 11.3. The third-order valence-electron chi connectivity index (χ3n) is 11.3. The highest BCUT2D eigenvalue weighted by atomic mass is 16.3. The van der Waals surface area contributed by atoms with Crippen LogP contribution in [0.15, 0.2) is 201 Å². The molecule has 0 radical (unpaired) electrons. The van der Waals surface area contributed by atoms with Crippen LogP contribution in [0.25, 0.3) is 98.8 Å². The van der Waals surface area contributed by atoms with Gasteiger partial charge in [-0.3, -0.25) is 0 Å². The van der Waals surface area contributed by atoms with Gasteiger partial charge in [-0.25, -0.2) is 0 Å². The van der Waals surface area contributed by atoms with Crippen molar-refractivity contribution in [3.05, 3.63) is 188 Å². The van der Waals surface area contributed by atoms with Crippen molar-refractivity contribution in [2.24, 2.45) is 0 Å². The summed E-state index contributed by atoms with van der Waals surface area (Å²) in [5, 5.41) is 8.93. The molecule has 4 nitrogen and oxygen atoms in total. The first-order valence-electron chi connectivity index (χ1n) is 18.9. The van der Waals surface area contributed by atoms with Gasteiger partial charge >= 0.3 is 0 Å². The monoisotopic (exact) mass is 717 g/mol. The summed E-state index contributed by atoms with van der Waals surface area (Å²) in [6, 6.07) is 66.1. The zero-order valence-corrected chi connectivity index (χ0v) is 30.1. The molecule has 0 spiro atoms. The SMILES string of the molecule is c1ccc(N(c2ccc(-c3cccc4oc5ccccc5c34)cc2)c2cccc3oc4ccccc4c23)c(-c2cccc3oc4cc5ccccc5cc4c23)c1. The van der Waals surface area contributed by atoms with E-state index in [-0.39, 0.29) is 0 Å². The second kappa shape index (κ2) is 12.0. The van der Waals surface area contributed by atoms with E-state index in [1.54, 1.807) is 0 Å². The summed E-state index contributed by atoms with van der Waals surface area (Å²) in [5.74, 6) is 0. The lowest BCUT2D eigenvalue weighted by Crippen LogP contribution is -2.11. The van der Waals surface area contributed by atoms with E-state index >= 15 is 0 Å². The minimum atomic E-state index is 0.844. The second-order valence-electron chi connectivity index (χ2n) is 14.4. The second-order valence-corrected chi connectivity index (χ2v) is 14.4. The van der Waals surface area contributed by atoms with Crippen molar-refractivity contribution in [3.63, 3.8) is 0 Å². The van der Waals surface area contributed by atoms with Crippen molar-refractivity contribution in [1.29, 1.82) is 0 Å². The fraction of sp³-hybridized carbons (Fsp3) is 0. The molecule has 0 amide bonds. The van der Waals surface area contributed by atoms with Gasteiger partial charge in [0.25, 0.3) is 0 Å². The minimum Gasteiger partial charge on any atom is -0.456 e. The van der Waals surface area contributed by atoms with Gasteiger partial charge in [-0.05, 0) is 94.2 Å². The van der Waals surface area contributed by atoms with Crippen molar-refractivity contribution >= 4 is 93.7 Å². The Morgan fingerprint density at radius 1 is 0.304 bits per heavy atom. The quantitative estimate of drug-likeness (QED) is 0.178. The van der Waals surface area contributed by atoms with Crippen LogP contribution in [0, 0.1) is 0 Å². The van der Waals surface area contributed by atoms with E-state index in [1.807, 2.05) is 30.3 Å². The topological polar surface area (TPSA) is 42.7 Å². The summed E-state index contributed by atoms with van der Waals surface area (Å²) in [6.45, 7) is 0. The lowest BCUT2D eigenvalue weighted by atomic mass is 9.95. The van der Waals surface area contributed by atoms with Crippen LogP contribution in [-0.4, -0.2) is 0 Å². The lowest BCUT2D eigenvalue weighted by molar-refractivity contribution is 0.668. The van der Waals surface area contributed by atoms with Gasteiger partial charge in [0.15, 0.2) is 0 Å². The number of fused-ring (bicyclic) bond motifs is 10. The average molecular weight is 718 g/mol. The number of benzene rings is 9. The smallest absolute Gasteiger partial charge is 0.137 e. The van der Waals surface area contributed by atoms with Gasteiger partial charge in [-0.1, -0.05) is 121 Å². The van der Waals surface area contributed by atoms with Crippen molar-refractivity contribution in [1.82, 2.24) is 0 Å². The van der Waals surface area contributed by atoms with Crippen molar-refractivity contribution < 1.29 is 13.3 Å². The summed E-state index contributed by atoms with van der Waals surface area (Å²) < 4.78 is 19.3. The molecular formula is C52H31NO3. The van der Waals surface area contributed by atoms with Gasteiger partial charge in [-0.15, -0.1) is 0 Å². The highest BCUT2D eigenvalue weighted by Crippen LogP contribution is 2.48. The largest absolute Gasteiger partial charge is 0.456 e. The molecule has 56 heavy (non-hydrogen) atoms. The summed E-state index contributed by atoms with van der Waals surface area (Å²) in [6.07, 6.45) is 0. The van der Waals surface area contributed by atoms with E-state index in [0.29, 0.717) is 0 Å². The summed E-state index contributed by atoms with van der Waals surface area (Å²) in [4.78, 5) is 2.38. The fourth-order valence-corrected chi connectivity index (χ4v) is 8.79. The van der Waals surface area contributed by atoms with Gasteiger partial charge in [0.1, 0.15) is 33.5 Å². The number of anilines is 3. The average Bonchev–Trinajstić information content (AvgIpc) is 3.95. The van der Waals surface area contributed by atoms with Gasteiger partial charge in [0.2, 0.25) is 0 Å². The predicted molar refractivity (Wildman–Crippen MR) is 231 cm³/mol. The Balaban J connectivity index is 1.10. The normalized spacial score (nSPS) is 11.9. The Hall–Kier alpha value is -7.56. The van der Waals surface area contributed by atoms with E-state index in [9.17, 15) is 0 Å². The molecule has 0 aliphatic heterocycles. The molecule has 0 bridgehead atoms. The van der Waals surface area contributed by atoms with Crippen molar-refractivity contribution in [2.75, 3.05) is 4.90 Å². The summed E-state index contributed by atoms with van der Waals surface area (Å²) >= 11 is 0. The molecule has 0 atom stereocenters. The zero-order chi connectivity index (χ0) is 36.7. The molecule has 9 aromatic carbocycles. The van der Waals surface area contributed by atoms with Gasteiger partial charge in [-0.2, -0.15) is 0 Å². The van der Waals surface area contributed by atoms with Crippen LogP contribution in [0.2, 0.25) is 0 Å². The number of rotatable bonds is 5. The van der Waals surface area contributed by atoms with Crippen molar-refractivity contribution in [3.8, 4) is 22.3 Å². The Kier molecular flexibility index (Phi) is 6.60. The van der Waals surface area contributed by atoms with Crippen LogP contribution < -0.4 is 4.90 Å². The van der Waals surface area contributed by atoms with Crippen LogP contribution >= 0.6 is 0 Å². The van der Waals surface area contributed by atoms with E-state index in [0.717, 1.165) is 111 Å². The maximum absolute atomic E-state index is 6.56. The van der Waals surface area contributed by atoms with Crippen molar-refractivity contribution in [2.45, 2.75) is 0 Å².